The normalized spacial score (nSPS) is 18.2. The Kier molecular flexibility index (Phi) is 5.43. The monoisotopic (exact) mass is 315 g/mol. The van der Waals surface area contributed by atoms with Crippen LogP contribution in [0.3, 0.4) is 0 Å². The Bertz CT molecular complexity index is 541. The third-order valence-electron chi connectivity index (χ3n) is 4.11. The van der Waals surface area contributed by atoms with E-state index in [0.717, 1.165) is 13.1 Å². The van der Waals surface area contributed by atoms with Crippen molar-refractivity contribution in [3.05, 3.63) is 18.0 Å². The number of nitrogens with zero attached hydrogens (tertiary/aromatic N) is 2. The summed E-state index contributed by atoms with van der Waals surface area (Å²) in [5.41, 5.74) is 0.616. The maximum absolute atomic E-state index is 12.3. The number of nitrogens with one attached hydrogen (secondary N) is 1. The second-order valence-electron chi connectivity index (χ2n) is 5.56. The van der Waals surface area contributed by atoms with Crippen molar-refractivity contribution in [1.29, 1.82) is 0 Å². The Morgan fingerprint density at radius 1 is 1.38 bits per heavy atom. The van der Waals surface area contributed by atoms with Gasteiger partial charge in [-0.05, 0) is 45.8 Å². The van der Waals surface area contributed by atoms with Crippen molar-refractivity contribution in [2.24, 2.45) is 0 Å². The molecule has 0 radical (unpaired) electrons. The maximum atomic E-state index is 12.3. The molecule has 2 rings (SSSR count). The van der Waals surface area contributed by atoms with Gasteiger partial charge in [0.2, 0.25) is 10.0 Å². The Balaban J connectivity index is 2.02. The number of sulfonamides is 1. The van der Waals surface area contributed by atoms with Crippen molar-refractivity contribution in [1.82, 2.24) is 14.2 Å². The summed E-state index contributed by atoms with van der Waals surface area (Å²) in [6.45, 7) is 6.94. The summed E-state index contributed by atoms with van der Waals surface area (Å²) in [5.74, 6) is 0. The second-order valence-corrected chi connectivity index (χ2v) is 7.32. The predicted molar refractivity (Wildman–Crippen MR) is 81.5 cm³/mol. The van der Waals surface area contributed by atoms with Crippen LogP contribution in [-0.4, -0.2) is 48.7 Å². The van der Waals surface area contributed by atoms with Gasteiger partial charge in [-0.15, -0.1) is 0 Å². The third-order valence-corrected chi connectivity index (χ3v) is 5.50. The van der Waals surface area contributed by atoms with Gasteiger partial charge in [-0.1, -0.05) is 0 Å². The van der Waals surface area contributed by atoms with Crippen molar-refractivity contribution >= 4 is 10.0 Å². The molecule has 0 aliphatic carbocycles. The van der Waals surface area contributed by atoms with Crippen LogP contribution in [0, 0.1) is 0 Å². The second kappa shape index (κ2) is 6.91. The van der Waals surface area contributed by atoms with Crippen LogP contribution in [-0.2, 0) is 23.2 Å². The van der Waals surface area contributed by atoms with Crippen molar-refractivity contribution in [2.75, 3.05) is 19.6 Å². The van der Waals surface area contributed by atoms with Crippen LogP contribution in [0.25, 0.3) is 0 Å². The SMILES string of the molecule is CCn1cc(S(=O)(=O)NCC(C)N2CCCC2)cc1CO. The van der Waals surface area contributed by atoms with E-state index in [1.165, 1.54) is 18.9 Å². The highest BCUT2D eigenvalue weighted by atomic mass is 32.2. The average Bonchev–Trinajstić information content (AvgIpc) is 3.13. The van der Waals surface area contributed by atoms with Crippen LogP contribution < -0.4 is 4.72 Å². The number of hydrogen-bond donors (Lipinski definition) is 2. The van der Waals surface area contributed by atoms with Crippen molar-refractivity contribution in [3.63, 3.8) is 0 Å². The Hall–Kier alpha value is -0.890. The minimum atomic E-state index is -3.52. The van der Waals surface area contributed by atoms with Crippen LogP contribution >= 0.6 is 0 Å². The molecule has 1 aliphatic rings. The molecule has 0 aromatic carbocycles. The highest BCUT2D eigenvalue weighted by Gasteiger charge is 2.22. The molecule has 7 heteroatoms. The zero-order chi connectivity index (χ0) is 15.5. The van der Waals surface area contributed by atoms with Gasteiger partial charge in [0, 0.05) is 31.0 Å². The van der Waals surface area contributed by atoms with Crippen LogP contribution in [0.4, 0.5) is 0 Å². The minimum Gasteiger partial charge on any atom is -0.390 e. The number of hydrogen-bond acceptors (Lipinski definition) is 4. The topological polar surface area (TPSA) is 74.6 Å². The lowest BCUT2D eigenvalue weighted by molar-refractivity contribution is 0.260. The highest BCUT2D eigenvalue weighted by molar-refractivity contribution is 7.89. The molecule has 2 heterocycles. The summed E-state index contributed by atoms with van der Waals surface area (Å²) in [4.78, 5) is 2.53. The van der Waals surface area contributed by atoms with E-state index in [1.807, 2.05) is 13.8 Å². The quantitative estimate of drug-likeness (QED) is 0.779. The number of aliphatic hydroxyl groups is 1. The van der Waals surface area contributed by atoms with Gasteiger partial charge < -0.3 is 9.67 Å². The van der Waals surface area contributed by atoms with Crippen LogP contribution in [0.2, 0.25) is 0 Å². The minimum absolute atomic E-state index is 0.159. The molecule has 0 spiro atoms. The third kappa shape index (κ3) is 3.85. The van der Waals surface area contributed by atoms with E-state index in [4.69, 9.17) is 0 Å². The fourth-order valence-corrected chi connectivity index (χ4v) is 3.91. The first kappa shape index (κ1) is 16.5. The fourth-order valence-electron chi connectivity index (χ4n) is 2.72. The molecule has 0 amide bonds. The largest absolute Gasteiger partial charge is 0.390 e. The van der Waals surface area contributed by atoms with Crippen molar-refractivity contribution < 1.29 is 13.5 Å². The molecule has 120 valence electrons. The number of rotatable bonds is 7. The fraction of sp³-hybridized carbons (Fsp3) is 0.714. The van der Waals surface area contributed by atoms with Gasteiger partial charge >= 0.3 is 0 Å². The maximum Gasteiger partial charge on any atom is 0.242 e. The standard InChI is InChI=1S/C14H25N3O3S/c1-3-16-10-14(8-13(16)11-18)21(19,20)15-9-12(2)17-6-4-5-7-17/h8,10,12,15,18H,3-7,9,11H2,1-2H3. The molecular formula is C14H25N3O3S. The zero-order valence-corrected chi connectivity index (χ0v) is 13.6. The molecule has 1 aromatic rings. The van der Waals surface area contributed by atoms with Gasteiger partial charge in [0.15, 0.2) is 0 Å². The molecule has 1 unspecified atom stereocenters. The Labute approximate surface area is 126 Å². The summed E-state index contributed by atoms with van der Waals surface area (Å²) >= 11 is 0. The summed E-state index contributed by atoms with van der Waals surface area (Å²) in [7, 11) is -3.52. The Morgan fingerprint density at radius 2 is 2.05 bits per heavy atom. The number of aryl methyl sites for hydroxylation is 1. The summed E-state index contributed by atoms with van der Waals surface area (Å²) in [6.07, 6.45) is 3.96. The lowest BCUT2D eigenvalue weighted by Gasteiger charge is -2.23. The molecule has 0 saturated carbocycles. The predicted octanol–water partition coefficient (Wildman–Crippen LogP) is 0.763. The van der Waals surface area contributed by atoms with Gasteiger partial charge in [-0.25, -0.2) is 13.1 Å². The molecule has 1 fully saturated rings. The van der Waals surface area contributed by atoms with Crippen LogP contribution in [0.1, 0.15) is 32.4 Å². The van der Waals surface area contributed by atoms with Crippen molar-refractivity contribution in [2.45, 2.75) is 50.8 Å². The van der Waals surface area contributed by atoms with E-state index >= 15 is 0 Å². The Morgan fingerprint density at radius 3 is 2.57 bits per heavy atom. The summed E-state index contributed by atoms with van der Waals surface area (Å²) in [5, 5.41) is 9.25. The van der Waals surface area contributed by atoms with E-state index in [2.05, 4.69) is 9.62 Å². The lowest BCUT2D eigenvalue weighted by atomic mass is 10.3. The highest BCUT2D eigenvalue weighted by Crippen LogP contribution is 2.16. The summed E-state index contributed by atoms with van der Waals surface area (Å²) in [6, 6.07) is 1.74. The van der Waals surface area contributed by atoms with Gasteiger partial charge in [-0.2, -0.15) is 0 Å². The first-order valence-corrected chi connectivity index (χ1v) is 9.00. The van der Waals surface area contributed by atoms with Crippen LogP contribution in [0.15, 0.2) is 17.2 Å². The smallest absolute Gasteiger partial charge is 0.242 e. The van der Waals surface area contributed by atoms with Crippen LogP contribution in [0.5, 0.6) is 0 Å². The number of likely N-dealkylation sites (tertiary alicyclic amines) is 1. The molecule has 1 atom stereocenters. The van der Waals surface area contributed by atoms with E-state index in [-0.39, 0.29) is 17.5 Å². The molecule has 0 bridgehead atoms. The zero-order valence-electron chi connectivity index (χ0n) is 12.7. The van der Waals surface area contributed by atoms with E-state index in [9.17, 15) is 13.5 Å². The molecule has 2 N–H and O–H groups in total. The van der Waals surface area contributed by atoms with E-state index < -0.39 is 10.0 Å². The lowest BCUT2D eigenvalue weighted by Crippen LogP contribution is -2.40. The van der Waals surface area contributed by atoms with Gasteiger partial charge in [0.05, 0.1) is 11.5 Å². The average molecular weight is 315 g/mol. The van der Waals surface area contributed by atoms with Gasteiger partial charge in [0.1, 0.15) is 0 Å². The molecule has 1 saturated heterocycles. The van der Waals surface area contributed by atoms with E-state index in [0.29, 0.717) is 18.8 Å². The molecular weight excluding hydrogens is 290 g/mol. The molecule has 1 aliphatic heterocycles. The van der Waals surface area contributed by atoms with E-state index in [1.54, 1.807) is 10.8 Å². The molecule has 21 heavy (non-hydrogen) atoms. The number of aromatic nitrogens is 1. The number of aliphatic hydroxyl groups excluding tert-OH is 1. The molecule has 1 aromatic heterocycles. The van der Waals surface area contributed by atoms with Gasteiger partial charge in [0.25, 0.3) is 0 Å². The molecule has 6 nitrogen and oxygen atoms in total. The summed E-state index contributed by atoms with van der Waals surface area (Å²) < 4.78 is 29.1. The first-order valence-electron chi connectivity index (χ1n) is 7.51. The first-order chi connectivity index (χ1) is 9.97. The van der Waals surface area contributed by atoms with Crippen molar-refractivity contribution in [3.8, 4) is 0 Å². The van der Waals surface area contributed by atoms with Gasteiger partial charge in [-0.3, -0.25) is 4.90 Å².